The van der Waals surface area contributed by atoms with Gasteiger partial charge in [-0.3, -0.25) is 0 Å². The van der Waals surface area contributed by atoms with Crippen LogP contribution in [0.5, 0.6) is 0 Å². The van der Waals surface area contributed by atoms with Crippen molar-refractivity contribution in [3.63, 3.8) is 0 Å². The van der Waals surface area contributed by atoms with E-state index in [-0.39, 0.29) is 18.4 Å². The molecule has 0 aromatic rings. The van der Waals surface area contributed by atoms with E-state index in [0.29, 0.717) is 26.4 Å². The molecular weight excluding hydrogens is 470 g/mol. The van der Waals surface area contributed by atoms with Crippen molar-refractivity contribution in [1.29, 1.82) is 0 Å². The fourth-order valence-corrected chi connectivity index (χ4v) is 4.94. The molecule has 0 aromatic carbocycles. The van der Waals surface area contributed by atoms with Gasteiger partial charge in [-0.25, -0.2) is 0 Å². The maximum Gasteiger partial charge on any atom is 0.0813 e. The van der Waals surface area contributed by atoms with Crippen molar-refractivity contribution in [2.75, 3.05) is 26.4 Å². The van der Waals surface area contributed by atoms with Crippen molar-refractivity contribution in [3.8, 4) is 0 Å². The monoisotopic (exact) mass is 541 g/mol. The molecule has 0 bridgehead atoms. The first-order valence-electron chi connectivity index (χ1n) is 16.3. The molecular formula is C34H70NO3+. The van der Waals surface area contributed by atoms with Crippen LogP contribution in [0.25, 0.3) is 0 Å². The lowest BCUT2D eigenvalue weighted by Crippen LogP contribution is -2.30. The lowest BCUT2D eigenvalue weighted by molar-refractivity contribution is -0.0867. The van der Waals surface area contributed by atoms with Crippen LogP contribution in [0.2, 0.25) is 0 Å². The highest BCUT2D eigenvalue weighted by Crippen LogP contribution is 2.18. The highest BCUT2D eigenvalue weighted by molar-refractivity contribution is 4.70. The van der Waals surface area contributed by atoms with E-state index in [4.69, 9.17) is 14.2 Å². The first-order chi connectivity index (χ1) is 18.3. The van der Waals surface area contributed by atoms with Crippen molar-refractivity contribution < 1.29 is 14.2 Å². The number of rotatable bonds is 32. The number of hydrogen-bond acceptors (Lipinski definition) is 3. The summed E-state index contributed by atoms with van der Waals surface area (Å²) in [6, 6.07) is 0. The molecule has 0 amide bonds. The molecule has 0 spiro atoms. The molecule has 0 saturated heterocycles. The van der Waals surface area contributed by atoms with Crippen LogP contribution in [0, 0.1) is 0 Å². The minimum absolute atomic E-state index is 0. The van der Waals surface area contributed by atoms with Crippen LogP contribution >= 0.6 is 0 Å². The number of hydrogen-bond donors (Lipinski definition) is 1. The Labute approximate surface area is 239 Å². The van der Waals surface area contributed by atoms with Crippen LogP contribution in [-0.2, 0) is 14.2 Å². The summed E-state index contributed by atoms with van der Waals surface area (Å²) in [7, 11) is 0. The highest BCUT2D eigenvalue weighted by atomic mass is 16.6. The number of ether oxygens (including phenoxy) is 3. The Morgan fingerprint density at radius 1 is 0.474 bits per heavy atom. The van der Waals surface area contributed by atoms with E-state index >= 15 is 0 Å². The van der Waals surface area contributed by atoms with E-state index in [1.807, 2.05) is 12.2 Å². The maximum atomic E-state index is 6.59. The van der Waals surface area contributed by atoms with Crippen molar-refractivity contribution in [3.05, 3.63) is 25.3 Å². The van der Waals surface area contributed by atoms with Crippen LogP contribution in [0.1, 0.15) is 155 Å². The average molecular weight is 541 g/mol. The molecule has 228 valence electrons. The van der Waals surface area contributed by atoms with Gasteiger partial charge in [0.25, 0.3) is 0 Å². The first-order valence-corrected chi connectivity index (χ1v) is 16.3. The van der Waals surface area contributed by atoms with E-state index in [1.165, 1.54) is 128 Å². The SMILES string of the molecule is C=CCOCC(CCCCCCCCCCCC)OC(CCCCCCCCCCCC)COCC=C.[NH4+]. The zero-order valence-electron chi connectivity index (χ0n) is 26.3. The van der Waals surface area contributed by atoms with Gasteiger partial charge in [0.2, 0.25) is 0 Å². The summed E-state index contributed by atoms with van der Waals surface area (Å²) in [6.07, 6.45) is 33.3. The molecule has 4 heteroatoms. The second-order valence-corrected chi connectivity index (χ2v) is 11.0. The number of quaternary nitrogens is 1. The zero-order valence-corrected chi connectivity index (χ0v) is 26.3. The second-order valence-electron chi connectivity index (χ2n) is 11.0. The standard InChI is InChI=1S/C34H66O3.H3N/c1-5-9-11-13-15-17-19-21-23-25-27-33(31-35-29-7-3)37-34(32-36-30-8-4)28-26-24-22-20-18-16-14-12-10-6-2;/h7-8,33-34H,3-6,9-32H2,1-2H3;1H3/p+1. The second kappa shape index (κ2) is 34.3. The first kappa shape index (κ1) is 39.5. The molecule has 4 N–H and O–H groups in total. The summed E-state index contributed by atoms with van der Waals surface area (Å²) in [5.74, 6) is 0. The van der Waals surface area contributed by atoms with Gasteiger partial charge >= 0.3 is 0 Å². The molecule has 0 heterocycles. The summed E-state index contributed by atoms with van der Waals surface area (Å²) >= 11 is 0. The third kappa shape index (κ3) is 29.9. The minimum atomic E-state index is 0. The van der Waals surface area contributed by atoms with Crippen LogP contribution in [0.4, 0.5) is 0 Å². The molecule has 0 aromatic heterocycles. The summed E-state index contributed by atoms with van der Waals surface area (Å²) in [6.45, 7) is 14.6. The van der Waals surface area contributed by atoms with E-state index in [0.717, 1.165) is 12.8 Å². The van der Waals surface area contributed by atoms with E-state index < -0.39 is 0 Å². The summed E-state index contributed by atoms with van der Waals surface area (Å²) in [5.41, 5.74) is 0. The summed E-state index contributed by atoms with van der Waals surface area (Å²) in [4.78, 5) is 0. The van der Waals surface area contributed by atoms with Crippen LogP contribution in [0.3, 0.4) is 0 Å². The van der Waals surface area contributed by atoms with Crippen LogP contribution in [-0.4, -0.2) is 38.6 Å². The Morgan fingerprint density at radius 2 is 0.763 bits per heavy atom. The summed E-state index contributed by atoms with van der Waals surface area (Å²) in [5, 5.41) is 0. The third-order valence-corrected chi connectivity index (χ3v) is 7.22. The Hall–Kier alpha value is -0.680. The minimum Gasteiger partial charge on any atom is -0.375 e. The van der Waals surface area contributed by atoms with Gasteiger partial charge in [0, 0.05) is 0 Å². The largest absolute Gasteiger partial charge is 0.375 e. The van der Waals surface area contributed by atoms with Crippen molar-refractivity contribution >= 4 is 0 Å². The fraction of sp³-hybridized carbons (Fsp3) is 0.882. The molecule has 0 aliphatic heterocycles. The van der Waals surface area contributed by atoms with Gasteiger partial charge in [-0.2, -0.15) is 0 Å². The Bertz CT molecular complexity index is 417. The van der Waals surface area contributed by atoms with Gasteiger partial charge in [-0.1, -0.05) is 154 Å². The predicted octanol–water partition coefficient (Wildman–Crippen LogP) is 11.1. The van der Waals surface area contributed by atoms with Gasteiger partial charge in [0.05, 0.1) is 38.6 Å². The predicted molar refractivity (Wildman–Crippen MR) is 170 cm³/mol. The molecule has 0 aliphatic rings. The average Bonchev–Trinajstić information content (AvgIpc) is 2.90. The van der Waals surface area contributed by atoms with Gasteiger partial charge in [-0.15, -0.1) is 13.2 Å². The molecule has 2 atom stereocenters. The maximum absolute atomic E-state index is 6.59. The van der Waals surface area contributed by atoms with Gasteiger partial charge in [-0.05, 0) is 12.8 Å². The number of unbranched alkanes of at least 4 members (excludes halogenated alkanes) is 18. The Kier molecular flexibility index (Phi) is 35.7. The van der Waals surface area contributed by atoms with E-state index in [1.54, 1.807) is 0 Å². The molecule has 4 nitrogen and oxygen atoms in total. The van der Waals surface area contributed by atoms with Gasteiger partial charge < -0.3 is 20.4 Å². The molecule has 0 aliphatic carbocycles. The van der Waals surface area contributed by atoms with Crippen molar-refractivity contribution in [2.45, 2.75) is 167 Å². The molecule has 0 fully saturated rings. The molecule has 38 heavy (non-hydrogen) atoms. The molecule has 0 rings (SSSR count). The van der Waals surface area contributed by atoms with Gasteiger partial charge in [0.1, 0.15) is 0 Å². The highest BCUT2D eigenvalue weighted by Gasteiger charge is 2.17. The zero-order chi connectivity index (χ0) is 27.1. The molecule has 0 radical (unpaired) electrons. The lowest BCUT2D eigenvalue weighted by atomic mass is 10.0. The van der Waals surface area contributed by atoms with Crippen LogP contribution in [0.15, 0.2) is 25.3 Å². The Balaban J connectivity index is 0. The Morgan fingerprint density at radius 3 is 1.05 bits per heavy atom. The van der Waals surface area contributed by atoms with E-state index in [9.17, 15) is 0 Å². The molecule has 2 unspecified atom stereocenters. The smallest absolute Gasteiger partial charge is 0.0813 e. The normalized spacial score (nSPS) is 12.7. The van der Waals surface area contributed by atoms with Crippen LogP contribution < -0.4 is 6.15 Å². The quantitative estimate of drug-likeness (QED) is 0.0681. The third-order valence-electron chi connectivity index (χ3n) is 7.22. The topological polar surface area (TPSA) is 64.2 Å². The summed E-state index contributed by atoms with van der Waals surface area (Å²) < 4.78 is 18.2. The van der Waals surface area contributed by atoms with E-state index in [2.05, 4.69) is 27.0 Å². The lowest BCUT2D eigenvalue weighted by Gasteiger charge is -2.25. The molecule has 0 saturated carbocycles. The fourth-order valence-electron chi connectivity index (χ4n) is 4.94. The van der Waals surface area contributed by atoms with Gasteiger partial charge in [0.15, 0.2) is 0 Å². The van der Waals surface area contributed by atoms with Crippen molar-refractivity contribution in [2.24, 2.45) is 0 Å². The van der Waals surface area contributed by atoms with Crippen molar-refractivity contribution in [1.82, 2.24) is 6.15 Å².